The highest BCUT2D eigenvalue weighted by Gasteiger charge is 2.13. The Morgan fingerprint density at radius 3 is 1.34 bits per heavy atom. The molecular formula is C25H29N5O2. The first-order valence-electron chi connectivity index (χ1n) is 10.4. The van der Waals surface area contributed by atoms with Gasteiger partial charge in [0.15, 0.2) is 0 Å². The van der Waals surface area contributed by atoms with Crippen LogP contribution < -0.4 is 21.3 Å². The number of anilines is 4. The maximum absolute atomic E-state index is 12.6. The highest BCUT2D eigenvalue weighted by atomic mass is 16.2. The number of pyridine rings is 1. The summed E-state index contributed by atoms with van der Waals surface area (Å²) in [4.78, 5) is 29.6. The van der Waals surface area contributed by atoms with Crippen molar-refractivity contribution in [1.29, 1.82) is 0 Å². The van der Waals surface area contributed by atoms with E-state index in [-0.39, 0.29) is 12.1 Å². The van der Waals surface area contributed by atoms with Gasteiger partial charge in [0.1, 0.15) is 0 Å². The molecule has 0 saturated heterocycles. The average molecular weight is 432 g/mol. The fourth-order valence-corrected chi connectivity index (χ4v) is 3.27. The highest BCUT2D eigenvalue weighted by Crippen LogP contribution is 2.24. The lowest BCUT2D eigenvalue weighted by Crippen LogP contribution is -2.23. The van der Waals surface area contributed by atoms with Crippen LogP contribution in [0, 0.1) is 41.5 Å². The lowest BCUT2D eigenvalue weighted by molar-refractivity contribution is 0.261. The Kier molecular flexibility index (Phi) is 6.78. The molecule has 0 radical (unpaired) electrons. The first-order valence-corrected chi connectivity index (χ1v) is 10.4. The Hall–Kier alpha value is -3.87. The predicted molar refractivity (Wildman–Crippen MR) is 131 cm³/mol. The zero-order valence-electron chi connectivity index (χ0n) is 19.3. The summed E-state index contributed by atoms with van der Waals surface area (Å²) in [6.07, 6.45) is 0. The van der Waals surface area contributed by atoms with Crippen molar-refractivity contribution in [3.05, 3.63) is 76.1 Å². The van der Waals surface area contributed by atoms with Crippen LogP contribution in [0.5, 0.6) is 0 Å². The van der Waals surface area contributed by atoms with Crippen LogP contribution in [0.25, 0.3) is 0 Å². The SMILES string of the molecule is Cc1ccc(C)c(NC(=O)Nc2cc(NC(=O)Nc3cc(C)ccc3C)c(C)nc2C)c1. The molecule has 0 aliphatic carbocycles. The minimum atomic E-state index is -0.377. The molecule has 4 N–H and O–H groups in total. The number of rotatable bonds is 4. The molecule has 1 aromatic heterocycles. The monoisotopic (exact) mass is 431 g/mol. The summed E-state index contributed by atoms with van der Waals surface area (Å²) in [7, 11) is 0. The number of carbonyl (C=O) groups is 2. The molecule has 0 fully saturated rings. The lowest BCUT2D eigenvalue weighted by atomic mass is 10.1. The van der Waals surface area contributed by atoms with Gasteiger partial charge >= 0.3 is 12.1 Å². The van der Waals surface area contributed by atoms with E-state index in [0.717, 1.165) is 33.6 Å². The van der Waals surface area contributed by atoms with Gasteiger partial charge in [0.2, 0.25) is 0 Å². The van der Waals surface area contributed by atoms with Gasteiger partial charge < -0.3 is 21.3 Å². The first kappa shape index (κ1) is 22.8. The van der Waals surface area contributed by atoms with Crippen LogP contribution in [0.4, 0.5) is 32.3 Å². The van der Waals surface area contributed by atoms with Gasteiger partial charge in [0, 0.05) is 11.4 Å². The van der Waals surface area contributed by atoms with Crippen LogP contribution in [0.15, 0.2) is 42.5 Å². The largest absolute Gasteiger partial charge is 0.323 e. The van der Waals surface area contributed by atoms with Crippen LogP contribution in [-0.4, -0.2) is 17.0 Å². The molecule has 4 amide bonds. The van der Waals surface area contributed by atoms with Gasteiger partial charge in [-0.05, 0) is 82.0 Å². The van der Waals surface area contributed by atoms with Gasteiger partial charge in [-0.1, -0.05) is 24.3 Å². The fraction of sp³-hybridized carbons (Fsp3) is 0.240. The van der Waals surface area contributed by atoms with E-state index in [0.29, 0.717) is 22.8 Å². The number of aromatic nitrogens is 1. The van der Waals surface area contributed by atoms with Crippen LogP contribution in [0.2, 0.25) is 0 Å². The molecule has 1 heterocycles. The predicted octanol–water partition coefficient (Wildman–Crippen LogP) is 6.22. The van der Waals surface area contributed by atoms with E-state index >= 15 is 0 Å². The second-order valence-corrected chi connectivity index (χ2v) is 8.05. The van der Waals surface area contributed by atoms with E-state index in [2.05, 4.69) is 26.3 Å². The van der Waals surface area contributed by atoms with Crippen molar-refractivity contribution in [3.63, 3.8) is 0 Å². The van der Waals surface area contributed by atoms with Crippen molar-refractivity contribution >= 4 is 34.8 Å². The zero-order valence-corrected chi connectivity index (χ0v) is 19.3. The number of nitrogens with one attached hydrogen (secondary N) is 4. The number of carbonyl (C=O) groups excluding carboxylic acids is 2. The van der Waals surface area contributed by atoms with E-state index in [1.54, 1.807) is 19.9 Å². The topological polar surface area (TPSA) is 95.2 Å². The van der Waals surface area contributed by atoms with Crippen molar-refractivity contribution in [1.82, 2.24) is 4.98 Å². The Morgan fingerprint density at radius 1 is 0.562 bits per heavy atom. The average Bonchev–Trinajstić information content (AvgIpc) is 2.71. The third kappa shape index (κ3) is 5.63. The van der Waals surface area contributed by atoms with Gasteiger partial charge in [0.25, 0.3) is 0 Å². The quantitative estimate of drug-likeness (QED) is 0.395. The second kappa shape index (κ2) is 9.51. The van der Waals surface area contributed by atoms with E-state index in [4.69, 9.17) is 0 Å². The minimum absolute atomic E-state index is 0.377. The number of aryl methyl sites for hydroxylation is 6. The van der Waals surface area contributed by atoms with Crippen molar-refractivity contribution in [2.75, 3.05) is 21.3 Å². The van der Waals surface area contributed by atoms with E-state index in [1.165, 1.54) is 0 Å². The smallest absolute Gasteiger partial charge is 0.307 e. The van der Waals surface area contributed by atoms with Gasteiger partial charge in [-0.15, -0.1) is 0 Å². The Bertz CT molecular complexity index is 1100. The van der Waals surface area contributed by atoms with Crippen LogP contribution >= 0.6 is 0 Å². The van der Waals surface area contributed by atoms with Gasteiger partial charge in [-0.2, -0.15) is 0 Å². The van der Waals surface area contributed by atoms with E-state index < -0.39 is 0 Å². The number of benzene rings is 2. The Morgan fingerprint density at radius 2 is 0.938 bits per heavy atom. The van der Waals surface area contributed by atoms with Crippen molar-refractivity contribution in [3.8, 4) is 0 Å². The molecule has 0 unspecified atom stereocenters. The summed E-state index contributed by atoms with van der Waals surface area (Å²) in [6, 6.07) is 12.7. The molecule has 0 spiro atoms. The maximum atomic E-state index is 12.6. The van der Waals surface area contributed by atoms with Crippen molar-refractivity contribution in [2.24, 2.45) is 0 Å². The van der Waals surface area contributed by atoms with Crippen molar-refractivity contribution < 1.29 is 9.59 Å². The number of hydrogen-bond donors (Lipinski definition) is 4. The van der Waals surface area contributed by atoms with Crippen molar-refractivity contribution in [2.45, 2.75) is 41.5 Å². The Balaban J connectivity index is 1.73. The van der Waals surface area contributed by atoms with Gasteiger partial charge in [0.05, 0.1) is 22.8 Å². The zero-order chi connectivity index (χ0) is 23.4. The molecule has 3 aromatic rings. The number of hydrogen-bond acceptors (Lipinski definition) is 3. The molecule has 2 aromatic carbocycles. The van der Waals surface area contributed by atoms with Gasteiger partial charge in [-0.25, -0.2) is 9.59 Å². The van der Waals surface area contributed by atoms with E-state index in [1.807, 2.05) is 64.1 Å². The summed E-state index contributed by atoms with van der Waals surface area (Å²) in [5, 5.41) is 11.4. The summed E-state index contributed by atoms with van der Waals surface area (Å²) < 4.78 is 0. The molecule has 7 heteroatoms. The van der Waals surface area contributed by atoms with E-state index in [9.17, 15) is 9.59 Å². The minimum Gasteiger partial charge on any atom is -0.307 e. The molecular weight excluding hydrogens is 402 g/mol. The third-order valence-electron chi connectivity index (χ3n) is 5.18. The molecule has 0 aliphatic heterocycles. The maximum Gasteiger partial charge on any atom is 0.323 e. The standard InChI is InChI=1S/C25H29N5O2/c1-14-7-9-16(3)20(11-14)27-24(31)29-22-13-23(19(6)26-18(22)5)30-25(32)28-21-12-15(2)8-10-17(21)4/h7-13H,1-6H3,(H2,27,29,31)(H2,28,30,32). The normalized spacial score (nSPS) is 10.4. The van der Waals surface area contributed by atoms with Crippen LogP contribution in [0.1, 0.15) is 33.6 Å². The lowest BCUT2D eigenvalue weighted by Gasteiger charge is -2.16. The molecule has 32 heavy (non-hydrogen) atoms. The number of urea groups is 2. The molecule has 3 rings (SSSR count). The number of nitrogens with zero attached hydrogens (tertiary/aromatic N) is 1. The third-order valence-corrected chi connectivity index (χ3v) is 5.18. The van der Waals surface area contributed by atoms with Crippen LogP contribution in [0.3, 0.4) is 0 Å². The number of amides is 4. The van der Waals surface area contributed by atoms with Gasteiger partial charge in [-0.3, -0.25) is 4.98 Å². The summed E-state index contributed by atoms with van der Waals surface area (Å²) >= 11 is 0. The molecule has 0 bridgehead atoms. The molecule has 0 saturated carbocycles. The molecule has 166 valence electrons. The summed E-state index contributed by atoms with van der Waals surface area (Å²) in [5.74, 6) is 0. The molecule has 7 nitrogen and oxygen atoms in total. The molecule has 0 aliphatic rings. The molecule has 0 atom stereocenters. The first-order chi connectivity index (χ1) is 15.1. The Labute approximate surface area is 188 Å². The van der Waals surface area contributed by atoms with Crippen LogP contribution in [-0.2, 0) is 0 Å². The summed E-state index contributed by atoms with van der Waals surface area (Å²) in [6.45, 7) is 11.4. The fourth-order valence-electron chi connectivity index (χ4n) is 3.27. The summed E-state index contributed by atoms with van der Waals surface area (Å²) in [5.41, 5.74) is 7.86. The second-order valence-electron chi connectivity index (χ2n) is 8.05. The highest BCUT2D eigenvalue weighted by molar-refractivity contribution is 6.03.